The monoisotopic (exact) mass is 390 g/mol. The van der Waals surface area contributed by atoms with Gasteiger partial charge in [0.25, 0.3) is 0 Å². The van der Waals surface area contributed by atoms with Crippen LogP contribution < -0.4 is 0 Å². The maximum atomic E-state index is 12.7. The van der Waals surface area contributed by atoms with Crippen molar-refractivity contribution in [3.05, 3.63) is 35.9 Å². The minimum Gasteiger partial charge on any atom is -0.467 e. The van der Waals surface area contributed by atoms with Gasteiger partial charge >= 0.3 is 12.1 Å². The average molecular weight is 390 g/mol. The first kappa shape index (κ1) is 20.6. The van der Waals surface area contributed by atoms with Crippen molar-refractivity contribution in [2.45, 2.75) is 45.1 Å². The minimum absolute atomic E-state index is 0.0165. The van der Waals surface area contributed by atoms with Gasteiger partial charge < -0.3 is 14.2 Å². The predicted octanol–water partition coefficient (Wildman–Crippen LogP) is 2.30. The number of carbonyl (C=O) groups excluding carboxylic acids is 2. The highest BCUT2D eigenvalue weighted by Gasteiger charge is 2.51. The van der Waals surface area contributed by atoms with Gasteiger partial charge in [0.1, 0.15) is 5.60 Å². The van der Waals surface area contributed by atoms with Crippen LogP contribution in [0.5, 0.6) is 0 Å². The molecule has 0 bridgehead atoms. The molecular formula is C21H30N2O5. The molecule has 1 aromatic rings. The molecule has 1 aromatic carbocycles. The number of benzene rings is 1. The Kier molecular flexibility index (Phi) is 6.25. The second kappa shape index (κ2) is 8.49. The smallest absolute Gasteiger partial charge is 0.411 e. The van der Waals surface area contributed by atoms with Gasteiger partial charge in [-0.2, -0.15) is 0 Å². The molecular weight excluding hydrogens is 360 g/mol. The Bertz CT molecular complexity index is 688. The molecule has 2 aliphatic heterocycles. The number of hydrogen-bond donors (Lipinski definition) is 0. The fourth-order valence-corrected chi connectivity index (χ4v) is 3.91. The van der Waals surface area contributed by atoms with Crippen LogP contribution in [0, 0.1) is 5.92 Å². The summed E-state index contributed by atoms with van der Waals surface area (Å²) < 4.78 is 16.5. The van der Waals surface area contributed by atoms with Crippen molar-refractivity contribution >= 4 is 12.1 Å². The maximum Gasteiger partial charge on any atom is 0.411 e. The van der Waals surface area contributed by atoms with Crippen LogP contribution in [0.1, 0.15) is 26.3 Å². The Morgan fingerprint density at radius 1 is 1.18 bits per heavy atom. The molecule has 7 nitrogen and oxygen atoms in total. The number of hydrogen-bond acceptors (Lipinski definition) is 6. The van der Waals surface area contributed by atoms with Crippen molar-refractivity contribution in [2.75, 3.05) is 33.4 Å². The molecule has 0 radical (unpaired) electrons. The summed E-state index contributed by atoms with van der Waals surface area (Å²) >= 11 is 0. The van der Waals surface area contributed by atoms with Gasteiger partial charge in [-0.05, 0) is 26.3 Å². The Morgan fingerprint density at radius 2 is 1.89 bits per heavy atom. The third kappa shape index (κ3) is 4.83. The van der Waals surface area contributed by atoms with Crippen molar-refractivity contribution in [2.24, 2.45) is 5.92 Å². The molecule has 2 aliphatic rings. The lowest BCUT2D eigenvalue weighted by Gasteiger charge is -2.29. The van der Waals surface area contributed by atoms with Crippen LogP contribution >= 0.6 is 0 Å². The zero-order valence-electron chi connectivity index (χ0n) is 17.1. The minimum atomic E-state index is -0.776. The van der Waals surface area contributed by atoms with Gasteiger partial charge in [-0.25, -0.2) is 9.59 Å². The van der Waals surface area contributed by atoms with Crippen LogP contribution in [0.4, 0.5) is 4.79 Å². The zero-order valence-corrected chi connectivity index (χ0v) is 17.1. The highest BCUT2D eigenvalue weighted by Crippen LogP contribution is 2.32. The van der Waals surface area contributed by atoms with Gasteiger partial charge in [0, 0.05) is 32.1 Å². The Balaban J connectivity index is 1.76. The molecule has 0 saturated carbocycles. The molecule has 0 spiro atoms. The van der Waals surface area contributed by atoms with Crippen molar-refractivity contribution in [1.29, 1.82) is 0 Å². The van der Waals surface area contributed by atoms with E-state index in [0.29, 0.717) is 13.2 Å². The van der Waals surface area contributed by atoms with E-state index in [1.807, 2.05) is 39.0 Å². The van der Waals surface area contributed by atoms with Crippen LogP contribution in [0.25, 0.3) is 0 Å². The lowest BCUT2D eigenvalue weighted by Crippen LogP contribution is -2.48. The Morgan fingerprint density at radius 3 is 2.54 bits per heavy atom. The standard InChI is InChI=1S/C21H30N2O5/c1-21(2,3)28-20(25)23-14-16-13-22(12-15-8-6-5-7-9-15)10-11-27-18(16)17(23)19(24)26-4/h5-9,16-18H,10-14H2,1-4H3/t16-,17-,18+/m0/s1. The van der Waals surface area contributed by atoms with Gasteiger partial charge in [0.2, 0.25) is 0 Å². The number of esters is 1. The quantitative estimate of drug-likeness (QED) is 0.738. The lowest BCUT2D eigenvalue weighted by atomic mass is 10.0. The molecule has 3 atom stereocenters. The molecule has 2 heterocycles. The van der Waals surface area contributed by atoms with E-state index in [1.165, 1.54) is 17.6 Å². The molecule has 0 N–H and O–H groups in total. The highest BCUT2D eigenvalue weighted by molar-refractivity contribution is 5.83. The van der Waals surface area contributed by atoms with Gasteiger partial charge in [0.15, 0.2) is 6.04 Å². The fraction of sp³-hybridized carbons (Fsp3) is 0.619. The number of ether oxygens (including phenoxy) is 3. The molecule has 7 heteroatoms. The summed E-state index contributed by atoms with van der Waals surface area (Å²) in [5.41, 5.74) is 0.593. The lowest BCUT2D eigenvalue weighted by molar-refractivity contribution is -0.150. The van der Waals surface area contributed by atoms with E-state index in [-0.39, 0.29) is 12.0 Å². The first-order chi connectivity index (χ1) is 13.3. The molecule has 0 aromatic heterocycles. The first-order valence-corrected chi connectivity index (χ1v) is 9.74. The number of rotatable bonds is 3. The van der Waals surface area contributed by atoms with E-state index in [0.717, 1.165) is 19.6 Å². The molecule has 2 fully saturated rings. The largest absolute Gasteiger partial charge is 0.467 e. The van der Waals surface area contributed by atoms with Crippen LogP contribution in [-0.4, -0.2) is 73.0 Å². The number of likely N-dealkylation sites (tertiary alicyclic amines) is 1. The second-order valence-electron chi connectivity index (χ2n) is 8.42. The third-order valence-electron chi connectivity index (χ3n) is 5.07. The number of fused-ring (bicyclic) bond motifs is 1. The summed E-state index contributed by atoms with van der Waals surface area (Å²) in [4.78, 5) is 29.0. The molecule has 2 saturated heterocycles. The number of methoxy groups -OCH3 is 1. The Hall–Kier alpha value is -2.12. The van der Waals surface area contributed by atoms with Crippen molar-refractivity contribution in [3.63, 3.8) is 0 Å². The SMILES string of the molecule is COC(=O)[C@@H]1[C@@H]2OCCN(Cc3ccccc3)C[C@H]2CN1C(=O)OC(C)(C)C. The maximum absolute atomic E-state index is 12.7. The molecule has 28 heavy (non-hydrogen) atoms. The zero-order chi connectivity index (χ0) is 20.3. The molecule has 1 amide bonds. The second-order valence-corrected chi connectivity index (χ2v) is 8.42. The van der Waals surface area contributed by atoms with Crippen molar-refractivity contribution in [3.8, 4) is 0 Å². The van der Waals surface area contributed by atoms with Crippen LogP contribution in [0.15, 0.2) is 30.3 Å². The van der Waals surface area contributed by atoms with E-state index in [4.69, 9.17) is 14.2 Å². The molecule has 3 rings (SSSR count). The molecule has 0 aliphatic carbocycles. The number of amides is 1. The predicted molar refractivity (Wildman–Crippen MR) is 104 cm³/mol. The van der Waals surface area contributed by atoms with Gasteiger partial charge in [-0.15, -0.1) is 0 Å². The van der Waals surface area contributed by atoms with Crippen molar-refractivity contribution in [1.82, 2.24) is 9.80 Å². The Labute approximate surface area is 166 Å². The van der Waals surface area contributed by atoms with Crippen LogP contribution in [0.2, 0.25) is 0 Å². The van der Waals surface area contributed by atoms with E-state index >= 15 is 0 Å². The van der Waals surface area contributed by atoms with Crippen molar-refractivity contribution < 1.29 is 23.8 Å². The van der Waals surface area contributed by atoms with E-state index in [9.17, 15) is 9.59 Å². The number of nitrogens with zero attached hydrogens (tertiary/aromatic N) is 2. The van der Waals surface area contributed by atoms with Crippen LogP contribution in [-0.2, 0) is 25.5 Å². The summed E-state index contributed by atoms with van der Waals surface area (Å²) in [5, 5.41) is 0. The summed E-state index contributed by atoms with van der Waals surface area (Å²) in [5.74, 6) is -0.447. The van der Waals surface area contributed by atoms with Gasteiger partial charge in [-0.1, -0.05) is 30.3 Å². The molecule has 154 valence electrons. The average Bonchev–Trinajstić information content (AvgIpc) is 2.87. The highest BCUT2D eigenvalue weighted by atomic mass is 16.6. The normalized spacial score (nSPS) is 25.7. The van der Waals surface area contributed by atoms with E-state index in [2.05, 4.69) is 17.0 Å². The summed E-state index contributed by atoms with van der Waals surface area (Å²) in [6.07, 6.45) is -0.894. The van der Waals surface area contributed by atoms with Crippen LogP contribution in [0.3, 0.4) is 0 Å². The summed E-state index contributed by atoms with van der Waals surface area (Å²) in [7, 11) is 1.33. The van der Waals surface area contributed by atoms with E-state index in [1.54, 1.807) is 0 Å². The summed E-state index contributed by atoms with van der Waals surface area (Å²) in [6.45, 7) is 8.67. The van der Waals surface area contributed by atoms with Gasteiger partial charge in [0.05, 0.1) is 19.8 Å². The number of carbonyl (C=O) groups is 2. The van der Waals surface area contributed by atoms with E-state index < -0.39 is 23.7 Å². The molecule has 0 unspecified atom stereocenters. The fourth-order valence-electron chi connectivity index (χ4n) is 3.91. The first-order valence-electron chi connectivity index (χ1n) is 9.74. The van der Waals surface area contributed by atoms with Gasteiger partial charge in [-0.3, -0.25) is 9.80 Å². The summed E-state index contributed by atoms with van der Waals surface area (Å²) in [6, 6.07) is 9.48. The topological polar surface area (TPSA) is 68.3 Å². The third-order valence-corrected chi connectivity index (χ3v) is 5.07.